The van der Waals surface area contributed by atoms with Gasteiger partial charge in [-0.05, 0) is 18.5 Å². The van der Waals surface area contributed by atoms with E-state index in [2.05, 4.69) is 0 Å². The maximum absolute atomic E-state index is 11.6. The Balaban J connectivity index is 1.63. The average molecular weight is 282 g/mol. The molecule has 0 unspecified atom stereocenters. The largest absolute Gasteiger partial charge is 0.458 e. The molecule has 0 aromatic rings. The molecule has 1 aliphatic carbocycles. The minimum atomic E-state index is -0.289. The highest BCUT2D eigenvalue weighted by Gasteiger charge is 2.62. The van der Waals surface area contributed by atoms with Gasteiger partial charge in [0.1, 0.15) is 12.2 Å². The van der Waals surface area contributed by atoms with E-state index in [1.54, 1.807) is 0 Å². The molecule has 0 aromatic heterocycles. The lowest BCUT2D eigenvalue weighted by Crippen LogP contribution is -2.30. The summed E-state index contributed by atoms with van der Waals surface area (Å²) in [6.07, 6.45) is 7.42. The standard InChI is InChI=1S/C14H19O4P/c15-11-6-9-13(17-11)14-10(7-12(16)18-14)19(9)8-4-2-1-3-5-8/h8-10,13-14H,1-7H2/t9-,10-,13+,14+/m1/s1. The van der Waals surface area contributed by atoms with Gasteiger partial charge in [-0.3, -0.25) is 9.59 Å². The number of carbonyl (C=O) groups is 2. The second-order valence-electron chi connectivity index (χ2n) is 6.19. The first-order valence-corrected chi connectivity index (χ1v) is 8.95. The maximum Gasteiger partial charge on any atom is 0.307 e. The molecule has 4 rings (SSSR count). The second-order valence-corrected chi connectivity index (χ2v) is 9.14. The number of carbonyl (C=O) groups excluding carboxylic acids is 2. The summed E-state index contributed by atoms with van der Waals surface area (Å²) >= 11 is 0. The fourth-order valence-corrected chi connectivity index (χ4v) is 8.82. The van der Waals surface area contributed by atoms with E-state index in [0.717, 1.165) is 5.66 Å². The zero-order chi connectivity index (χ0) is 13.0. The summed E-state index contributed by atoms with van der Waals surface area (Å²) in [7, 11) is -0.289. The highest BCUT2D eigenvalue weighted by molar-refractivity contribution is 7.60. The van der Waals surface area contributed by atoms with Crippen LogP contribution >= 0.6 is 7.92 Å². The molecule has 0 aromatic carbocycles. The van der Waals surface area contributed by atoms with Crippen LogP contribution < -0.4 is 0 Å². The quantitative estimate of drug-likeness (QED) is 0.546. The molecule has 0 bridgehead atoms. The molecule has 0 radical (unpaired) electrons. The first kappa shape index (κ1) is 12.1. The molecule has 1 saturated carbocycles. The average Bonchev–Trinajstić information content (AvgIpc) is 3.00. The van der Waals surface area contributed by atoms with E-state index in [1.807, 2.05) is 0 Å². The van der Waals surface area contributed by atoms with Crippen LogP contribution in [-0.4, -0.2) is 41.1 Å². The van der Waals surface area contributed by atoms with E-state index < -0.39 is 0 Å². The van der Waals surface area contributed by atoms with Crippen LogP contribution in [0.15, 0.2) is 0 Å². The van der Waals surface area contributed by atoms with Crippen molar-refractivity contribution < 1.29 is 19.1 Å². The van der Waals surface area contributed by atoms with Crippen molar-refractivity contribution in [2.45, 2.75) is 74.1 Å². The van der Waals surface area contributed by atoms with E-state index in [0.29, 0.717) is 24.2 Å². The van der Waals surface area contributed by atoms with E-state index >= 15 is 0 Å². The molecule has 19 heavy (non-hydrogen) atoms. The van der Waals surface area contributed by atoms with Crippen LogP contribution in [0.2, 0.25) is 0 Å². The molecule has 0 spiro atoms. The Kier molecular flexibility index (Phi) is 2.84. The molecule has 0 amide bonds. The van der Waals surface area contributed by atoms with E-state index in [1.165, 1.54) is 32.1 Å². The van der Waals surface area contributed by atoms with Gasteiger partial charge in [-0.2, -0.15) is 0 Å². The van der Waals surface area contributed by atoms with E-state index in [9.17, 15) is 9.59 Å². The molecular formula is C14H19O4P. The fourth-order valence-electron chi connectivity index (χ4n) is 4.42. The molecule has 5 heteroatoms. The lowest BCUT2D eigenvalue weighted by molar-refractivity contribution is -0.153. The van der Waals surface area contributed by atoms with Gasteiger partial charge in [0.25, 0.3) is 0 Å². The molecule has 4 aliphatic rings. The highest BCUT2D eigenvalue weighted by atomic mass is 31.1. The number of esters is 2. The molecule has 4 atom stereocenters. The van der Waals surface area contributed by atoms with Crippen LogP contribution in [0.5, 0.6) is 0 Å². The molecule has 3 aliphatic heterocycles. The van der Waals surface area contributed by atoms with Gasteiger partial charge >= 0.3 is 11.9 Å². The van der Waals surface area contributed by atoms with Crippen molar-refractivity contribution in [3.63, 3.8) is 0 Å². The van der Waals surface area contributed by atoms with Crippen molar-refractivity contribution in [3.05, 3.63) is 0 Å². The molecule has 3 saturated heterocycles. The summed E-state index contributed by atoms with van der Waals surface area (Å²) < 4.78 is 10.9. The van der Waals surface area contributed by atoms with Gasteiger partial charge < -0.3 is 9.47 Å². The predicted molar refractivity (Wildman–Crippen MR) is 70.4 cm³/mol. The van der Waals surface area contributed by atoms with Crippen molar-refractivity contribution in [2.75, 3.05) is 0 Å². The summed E-state index contributed by atoms with van der Waals surface area (Å²) in [6, 6.07) is 0. The zero-order valence-corrected chi connectivity index (χ0v) is 11.8. The summed E-state index contributed by atoms with van der Waals surface area (Å²) in [5, 5.41) is 0. The molecule has 3 heterocycles. The van der Waals surface area contributed by atoms with Crippen molar-refractivity contribution >= 4 is 19.9 Å². The molecule has 104 valence electrons. The summed E-state index contributed by atoms with van der Waals surface area (Å²) in [5.41, 5.74) is 1.47. The monoisotopic (exact) mass is 282 g/mol. The lowest BCUT2D eigenvalue weighted by Gasteiger charge is -2.33. The third-order valence-corrected chi connectivity index (χ3v) is 8.98. The van der Waals surface area contributed by atoms with Gasteiger partial charge in [0.2, 0.25) is 0 Å². The van der Waals surface area contributed by atoms with Crippen molar-refractivity contribution in [3.8, 4) is 0 Å². The van der Waals surface area contributed by atoms with Gasteiger partial charge in [0, 0.05) is 11.3 Å². The Morgan fingerprint density at radius 3 is 1.89 bits per heavy atom. The Hall–Kier alpha value is -0.630. The van der Waals surface area contributed by atoms with Crippen LogP contribution in [-0.2, 0) is 19.1 Å². The number of hydrogen-bond donors (Lipinski definition) is 0. The summed E-state index contributed by atoms with van der Waals surface area (Å²) in [5.74, 6) is -0.167. The molecule has 0 N–H and O–H groups in total. The van der Waals surface area contributed by atoms with E-state index in [-0.39, 0.29) is 32.1 Å². The Morgan fingerprint density at radius 1 is 0.842 bits per heavy atom. The minimum absolute atomic E-state index is 0.0836. The summed E-state index contributed by atoms with van der Waals surface area (Å²) in [4.78, 5) is 23.2. The normalized spacial score (nSPS) is 45.8. The van der Waals surface area contributed by atoms with Gasteiger partial charge in [0.15, 0.2) is 0 Å². The Labute approximate surface area is 114 Å². The van der Waals surface area contributed by atoms with Gasteiger partial charge in [0.05, 0.1) is 12.8 Å². The van der Waals surface area contributed by atoms with Crippen LogP contribution in [0.1, 0.15) is 44.9 Å². The van der Waals surface area contributed by atoms with Gasteiger partial charge in [-0.15, -0.1) is 0 Å². The molecule has 4 nitrogen and oxygen atoms in total. The topological polar surface area (TPSA) is 52.6 Å². The number of fused-ring (bicyclic) bond motifs is 3. The first-order chi connectivity index (χ1) is 9.24. The first-order valence-electron chi connectivity index (χ1n) is 7.40. The number of rotatable bonds is 1. The van der Waals surface area contributed by atoms with Crippen LogP contribution in [0.25, 0.3) is 0 Å². The smallest absolute Gasteiger partial charge is 0.307 e. The second kappa shape index (κ2) is 4.44. The third kappa shape index (κ3) is 1.83. The maximum atomic E-state index is 11.6. The molecule has 4 fully saturated rings. The fraction of sp³-hybridized carbons (Fsp3) is 0.857. The van der Waals surface area contributed by atoms with Crippen LogP contribution in [0.4, 0.5) is 0 Å². The SMILES string of the molecule is O=C1C[C@@H]2[C@H](O1)[C@H]1OC(=O)C[C@H]1P2C1CCCCC1. The van der Waals surface area contributed by atoms with E-state index in [4.69, 9.17) is 9.47 Å². The third-order valence-electron chi connectivity index (χ3n) is 5.13. The number of ether oxygens (including phenoxy) is 2. The number of hydrogen-bond acceptors (Lipinski definition) is 4. The minimum Gasteiger partial charge on any atom is -0.458 e. The molecular weight excluding hydrogens is 263 g/mol. The zero-order valence-electron chi connectivity index (χ0n) is 10.9. The predicted octanol–water partition coefficient (Wildman–Crippen LogP) is 2.18. The van der Waals surface area contributed by atoms with Crippen molar-refractivity contribution in [1.82, 2.24) is 0 Å². The van der Waals surface area contributed by atoms with Crippen molar-refractivity contribution in [2.24, 2.45) is 0 Å². The Morgan fingerprint density at radius 2 is 1.37 bits per heavy atom. The van der Waals surface area contributed by atoms with Gasteiger partial charge in [-0.25, -0.2) is 0 Å². The lowest BCUT2D eigenvalue weighted by atomic mass is 10.0. The van der Waals surface area contributed by atoms with Crippen LogP contribution in [0, 0.1) is 0 Å². The Bertz CT molecular complexity index is 388. The van der Waals surface area contributed by atoms with Crippen molar-refractivity contribution in [1.29, 1.82) is 0 Å². The summed E-state index contributed by atoms with van der Waals surface area (Å²) in [6.45, 7) is 0. The van der Waals surface area contributed by atoms with Crippen LogP contribution in [0.3, 0.4) is 0 Å². The highest BCUT2D eigenvalue weighted by Crippen LogP contribution is 2.67. The van der Waals surface area contributed by atoms with Gasteiger partial charge in [-0.1, -0.05) is 27.2 Å².